The van der Waals surface area contributed by atoms with Crippen LogP contribution in [-0.4, -0.2) is 59.1 Å². The van der Waals surface area contributed by atoms with Crippen LogP contribution in [0.15, 0.2) is 29.4 Å². The Hall–Kier alpha value is -1.56. The summed E-state index contributed by atoms with van der Waals surface area (Å²) in [5, 5.41) is 12.3. The van der Waals surface area contributed by atoms with Crippen molar-refractivity contribution >= 4 is 29.4 Å². The summed E-state index contributed by atoms with van der Waals surface area (Å²) in [5.41, 5.74) is 2.52. The molecule has 1 aliphatic rings. The highest BCUT2D eigenvalue weighted by molar-refractivity contribution is 6.32. The molecular formula is C16H19Cl2N5. The zero-order valence-electron chi connectivity index (χ0n) is 13.2. The number of nitrogens with zero attached hydrogens (tertiary/aromatic N) is 5. The Kier molecular flexibility index (Phi) is 4.90. The van der Waals surface area contributed by atoms with E-state index in [4.69, 9.17) is 23.2 Å². The number of piperazine rings is 1. The predicted molar refractivity (Wildman–Crippen MR) is 95.0 cm³/mol. The first-order valence-electron chi connectivity index (χ1n) is 7.53. The van der Waals surface area contributed by atoms with E-state index in [0.717, 1.165) is 43.1 Å². The highest BCUT2D eigenvalue weighted by Gasteiger charge is 2.15. The number of likely N-dealkylation sites (N-methyl/N-ethyl adjacent to an activating group) is 1. The van der Waals surface area contributed by atoms with E-state index >= 15 is 0 Å². The Morgan fingerprint density at radius 1 is 1.17 bits per heavy atom. The second kappa shape index (κ2) is 6.91. The molecule has 1 saturated heterocycles. The Morgan fingerprint density at radius 3 is 2.61 bits per heavy atom. The summed E-state index contributed by atoms with van der Waals surface area (Å²) < 4.78 is 1.69. The van der Waals surface area contributed by atoms with Gasteiger partial charge in [0.2, 0.25) is 0 Å². The number of benzene rings is 1. The zero-order valence-corrected chi connectivity index (χ0v) is 14.7. The SMILES string of the molecule is Cc1nn(-c2cccc(Cl)c2)c(Cl)c1/C=N/N1CCN(C)CC1. The average molecular weight is 352 g/mol. The quantitative estimate of drug-likeness (QED) is 0.797. The third kappa shape index (κ3) is 3.68. The van der Waals surface area contributed by atoms with Crippen LogP contribution in [0.3, 0.4) is 0 Å². The van der Waals surface area contributed by atoms with Gasteiger partial charge in [0.1, 0.15) is 5.15 Å². The molecule has 122 valence electrons. The van der Waals surface area contributed by atoms with Crippen LogP contribution in [0.25, 0.3) is 5.69 Å². The van der Waals surface area contributed by atoms with E-state index < -0.39 is 0 Å². The minimum Gasteiger partial charge on any atom is -0.303 e. The fourth-order valence-electron chi connectivity index (χ4n) is 2.49. The van der Waals surface area contributed by atoms with E-state index in [1.54, 1.807) is 10.9 Å². The van der Waals surface area contributed by atoms with Gasteiger partial charge < -0.3 is 4.90 Å². The highest BCUT2D eigenvalue weighted by Crippen LogP contribution is 2.23. The molecule has 0 atom stereocenters. The van der Waals surface area contributed by atoms with Crippen LogP contribution in [0.2, 0.25) is 10.2 Å². The van der Waals surface area contributed by atoms with E-state index in [1.165, 1.54) is 0 Å². The van der Waals surface area contributed by atoms with E-state index in [2.05, 4.69) is 27.2 Å². The van der Waals surface area contributed by atoms with Gasteiger partial charge in [-0.05, 0) is 32.2 Å². The molecule has 0 radical (unpaired) electrons. The summed E-state index contributed by atoms with van der Waals surface area (Å²) in [7, 11) is 2.12. The molecule has 2 heterocycles. The molecule has 1 aromatic carbocycles. The van der Waals surface area contributed by atoms with Crippen molar-refractivity contribution in [3.8, 4) is 5.69 Å². The average Bonchev–Trinajstić information content (AvgIpc) is 2.82. The van der Waals surface area contributed by atoms with Crippen molar-refractivity contribution in [2.24, 2.45) is 5.10 Å². The molecule has 0 N–H and O–H groups in total. The largest absolute Gasteiger partial charge is 0.303 e. The molecule has 2 aromatic rings. The molecule has 0 amide bonds. The summed E-state index contributed by atoms with van der Waals surface area (Å²) in [4.78, 5) is 2.29. The van der Waals surface area contributed by atoms with Gasteiger partial charge in [0.25, 0.3) is 0 Å². The van der Waals surface area contributed by atoms with Gasteiger partial charge in [-0.15, -0.1) is 0 Å². The topological polar surface area (TPSA) is 36.7 Å². The van der Waals surface area contributed by atoms with Crippen molar-refractivity contribution in [3.05, 3.63) is 45.7 Å². The Bertz CT molecular complexity index is 717. The monoisotopic (exact) mass is 351 g/mol. The lowest BCUT2D eigenvalue weighted by Gasteiger charge is -2.30. The lowest BCUT2D eigenvalue weighted by atomic mass is 10.3. The summed E-state index contributed by atoms with van der Waals surface area (Å²) in [6.45, 7) is 5.81. The second-order valence-corrected chi connectivity index (χ2v) is 6.48. The molecule has 1 aliphatic heterocycles. The molecular weight excluding hydrogens is 333 g/mol. The minimum atomic E-state index is 0.544. The summed E-state index contributed by atoms with van der Waals surface area (Å²) in [5.74, 6) is 0. The molecule has 7 heteroatoms. The molecule has 0 unspecified atom stereocenters. The van der Waals surface area contributed by atoms with Crippen molar-refractivity contribution in [3.63, 3.8) is 0 Å². The number of hydrogen-bond donors (Lipinski definition) is 0. The first-order chi connectivity index (χ1) is 11.0. The van der Waals surface area contributed by atoms with Crippen LogP contribution >= 0.6 is 23.2 Å². The smallest absolute Gasteiger partial charge is 0.142 e. The second-order valence-electron chi connectivity index (χ2n) is 5.68. The third-order valence-electron chi connectivity index (χ3n) is 3.93. The van der Waals surface area contributed by atoms with Gasteiger partial charge >= 0.3 is 0 Å². The van der Waals surface area contributed by atoms with Crippen LogP contribution in [0.4, 0.5) is 0 Å². The van der Waals surface area contributed by atoms with Gasteiger partial charge in [-0.25, -0.2) is 4.68 Å². The normalized spacial score (nSPS) is 16.4. The number of aryl methyl sites for hydroxylation is 1. The summed E-state index contributed by atoms with van der Waals surface area (Å²) in [6, 6.07) is 7.46. The van der Waals surface area contributed by atoms with E-state index in [-0.39, 0.29) is 0 Å². The Morgan fingerprint density at radius 2 is 1.91 bits per heavy atom. The van der Waals surface area contributed by atoms with Crippen LogP contribution in [0, 0.1) is 6.92 Å². The van der Waals surface area contributed by atoms with Crippen molar-refractivity contribution in [2.75, 3.05) is 33.2 Å². The van der Waals surface area contributed by atoms with Gasteiger partial charge in [0.15, 0.2) is 0 Å². The van der Waals surface area contributed by atoms with Crippen LogP contribution in [0.5, 0.6) is 0 Å². The third-order valence-corrected chi connectivity index (χ3v) is 4.53. The van der Waals surface area contributed by atoms with E-state index in [1.807, 2.05) is 31.2 Å². The van der Waals surface area contributed by atoms with Crippen LogP contribution in [-0.2, 0) is 0 Å². The lowest BCUT2D eigenvalue weighted by molar-refractivity contribution is 0.159. The van der Waals surface area contributed by atoms with Crippen molar-refractivity contribution in [2.45, 2.75) is 6.92 Å². The Labute approximate surface area is 146 Å². The summed E-state index contributed by atoms with van der Waals surface area (Å²) >= 11 is 12.5. The number of halogens is 2. The maximum atomic E-state index is 6.50. The maximum Gasteiger partial charge on any atom is 0.142 e. The van der Waals surface area contributed by atoms with E-state index in [0.29, 0.717) is 10.2 Å². The molecule has 5 nitrogen and oxygen atoms in total. The molecule has 0 spiro atoms. The number of aromatic nitrogens is 2. The van der Waals surface area contributed by atoms with Gasteiger partial charge in [0.05, 0.1) is 23.2 Å². The zero-order chi connectivity index (χ0) is 16.4. The predicted octanol–water partition coefficient (Wildman–Crippen LogP) is 3.07. The molecule has 1 aromatic heterocycles. The van der Waals surface area contributed by atoms with Crippen LogP contribution < -0.4 is 0 Å². The van der Waals surface area contributed by atoms with Gasteiger partial charge in [-0.3, -0.25) is 5.01 Å². The van der Waals surface area contributed by atoms with Gasteiger partial charge in [-0.2, -0.15) is 10.2 Å². The van der Waals surface area contributed by atoms with Crippen LogP contribution in [0.1, 0.15) is 11.3 Å². The molecule has 0 bridgehead atoms. The van der Waals surface area contributed by atoms with E-state index in [9.17, 15) is 0 Å². The number of hydrogen-bond acceptors (Lipinski definition) is 4. The molecule has 3 rings (SSSR count). The standard InChI is InChI=1S/C16H19Cl2N5/c1-12-15(11-19-22-8-6-21(2)7-9-22)16(18)23(20-12)14-5-3-4-13(17)10-14/h3-5,10-11H,6-9H2,1-2H3/b19-11+. The van der Waals surface area contributed by atoms with Gasteiger partial charge in [-0.1, -0.05) is 29.3 Å². The fourth-order valence-corrected chi connectivity index (χ4v) is 2.99. The fraction of sp³-hybridized carbons (Fsp3) is 0.375. The van der Waals surface area contributed by atoms with Crippen molar-refractivity contribution in [1.29, 1.82) is 0 Å². The maximum absolute atomic E-state index is 6.50. The van der Waals surface area contributed by atoms with Crippen molar-refractivity contribution < 1.29 is 0 Å². The van der Waals surface area contributed by atoms with Crippen molar-refractivity contribution in [1.82, 2.24) is 19.7 Å². The molecule has 1 fully saturated rings. The molecule has 23 heavy (non-hydrogen) atoms. The number of rotatable bonds is 3. The Balaban J connectivity index is 1.83. The van der Waals surface area contributed by atoms with Gasteiger partial charge in [0, 0.05) is 31.2 Å². The minimum absolute atomic E-state index is 0.544. The summed E-state index contributed by atoms with van der Waals surface area (Å²) in [6.07, 6.45) is 1.80. The highest BCUT2D eigenvalue weighted by atomic mass is 35.5. The first kappa shape index (κ1) is 16.3. The first-order valence-corrected chi connectivity index (χ1v) is 8.29. The molecule has 0 aliphatic carbocycles. The molecule has 0 saturated carbocycles. The number of hydrazone groups is 1. The lowest BCUT2D eigenvalue weighted by Crippen LogP contribution is -2.41.